The average Bonchev–Trinajstić information content (AvgIpc) is 2.66. The van der Waals surface area contributed by atoms with Crippen molar-refractivity contribution in [2.24, 2.45) is 5.92 Å². The average molecular weight is 345 g/mol. The first-order chi connectivity index (χ1) is 12.1. The molecule has 1 aliphatic carbocycles. The highest BCUT2D eigenvalue weighted by atomic mass is 16.2. The van der Waals surface area contributed by atoms with Crippen LogP contribution in [0.1, 0.15) is 56.3 Å². The molecule has 1 aliphatic rings. The molecule has 1 fully saturated rings. The quantitative estimate of drug-likeness (QED) is 0.760. The number of hydrogen-bond acceptors (Lipinski definition) is 3. The zero-order chi connectivity index (χ0) is 18.1. The molecule has 0 heterocycles. The minimum absolute atomic E-state index is 0.0719. The monoisotopic (exact) mass is 345 g/mol. The number of carbonyl (C=O) groups is 2. The molecule has 1 saturated carbocycles. The van der Waals surface area contributed by atoms with E-state index in [4.69, 9.17) is 0 Å². The van der Waals surface area contributed by atoms with Crippen LogP contribution in [0.25, 0.3) is 0 Å². The van der Waals surface area contributed by atoms with E-state index < -0.39 is 0 Å². The second-order valence-corrected chi connectivity index (χ2v) is 6.68. The third-order valence-corrected chi connectivity index (χ3v) is 5.00. The lowest BCUT2D eigenvalue weighted by molar-refractivity contribution is -0.120. The Morgan fingerprint density at radius 3 is 2.28 bits per heavy atom. The number of benzene rings is 1. The Hall–Kier alpha value is -1.88. The number of rotatable bonds is 8. The summed E-state index contributed by atoms with van der Waals surface area (Å²) in [6, 6.07) is 7.15. The van der Waals surface area contributed by atoms with Crippen LogP contribution in [0, 0.1) is 5.92 Å². The molecule has 0 aromatic heterocycles. The molecule has 0 unspecified atom stereocenters. The topological polar surface area (TPSA) is 61.4 Å². The molecule has 0 spiro atoms. The minimum Gasteiger partial charge on any atom is -0.351 e. The van der Waals surface area contributed by atoms with Gasteiger partial charge in [0.2, 0.25) is 5.91 Å². The molecule has 0 radical (unpaired) electrons. The lowest BCUT2D eigenvalue weighted by atomic mass is 9.88. The van der Waals surface area contributed by atoms with Gasteiger partial charge >= 0.3 is 0 Å². The molecule has 2 amide bonds. The highest BCUT2D eigenvalue weighted by Gasteiger charge is 2.21. The van der Waals surface area contributed by atoms with E-state index in [1.165, 1.54) is 6.42 Å². The normalized spacial score (nSPS) is 15.2. The van der Waals surface area contributed by atoms with Crippen LogP contribution < -0.4 is 10.6 Å². The Bertz CT molecular complexity index is 547. The van der Waals surface area contributed by atoms with Gasteiger partial charge in [-0.2, -0.15) is 0 Å². The van der Waals surface area contributed by atoms with Gasteiger partial charge in [-0.1, -0.05) is 33.1 Å². The first kappa shape index (κ1) is 19.4. The van der Waals surface area contributed by atoms with Crippen LogP contribution in [-0.2, 0) is 4.79 Å². The Balaban J connectivity index is 1.80. The summed E-state index contributed by atoms with van der Waals surface area (Å²) in [6.45, 7) is 7.70. The van der Waals surface area contributed by atoms with Crippen LogP contribution >= 0.6 is 0 Å². The molecule has 138 valence electrons. The van der Waals surface area contributed by atoms with Crippen LogP contribution in [0.5, 0.6) is 0 Å². The zero-order valence-electron chi connectivity index (χ0n) is 15.5. The summed E-state index contributed by atoms with van der Waals surface area (Å²) in [5.74, 6) is 0.172. The van der Waals surface area contributed by atoms with Crippen molar-refractivity contribution in [3.63, 3.8) is 0 Å². The summed E-state index contributed by atoms with van der Waals surface area (Å²) in [7, 11) is 0. The van der Waals surface area contributed by atoms with Gasteiger partial charge in [-0.05, 0) is 50.2 Å². The van der Waals surface area contributed by atoms with E-state index in [2.05, 4.69) is 29.4 Å². The molecule has 2 N–H and O–H groups in total. The van der Waals surface area contributed by atoms with Crippen LogP contribution in [0.15, 0.2) is 24.3 Å². The van der Waals surface area contributed by atoms with Crippen molar-refractivity contribution < 1.29 is 9.59 Å². The van der Waals surface area contributed by atoms with Gasteiger partial charge in [-0.3, -0.25) is 9.59 Å². The number of likely N-dealkylation sites (N-methyl/N-ethyl adjacent to an activating group) is 1. The molecule has 1 aromatic rings. The number of hydrogen-bond donors (Lipinski definition) is 2. The van der Waals surface area contributed by atoms with Crippen LogP contribution in [0.4, 0.5) is 5.69 Å². The molecule has 2 rings (SSSR count). The van der Waals surface area contributed by atoms with E-state index in [1.807, 2.05) is 0 Å². The van der Waals surface area contributed by atoms with Gasteiger partial charge in [0.25, 0.3) is 5.91 Å². The number of amides is 2. The highest BCUT2D eigenvalue weighted by Crippen LogP contribution is 2.25. The fourth-order valence-corrected chi connectivity index (χ4v) is 3.28. The Morgan fingerprint density at radius 1 is 1.04 bits per heavy atom. The van der Waals surface area contributed by atoms with Crippen molar-refractivity contribution in [1.82, 2.24) is 10.2 Å². The van der Waals surface area contributed by atoms with Crippen molar-refractivity contribution in [2.45, 2.75) is 46.0 Å². The second-order valence-electron chi connectivity index (χ2n) is 6.68. The second kappa shape index (κ2) is 10.2. The zero-order valence-corrected chi connectivity index (χ0v) is 15.5. The predicted octanol–water partition coefficient (Wildman–Crippen LogP) is 3.28. The maximum absolute atomic E-state index is 12.3. The summed E-state index contributed by atoms with van der Waals surface area (Å²) in [5.41, 5.74) is 1.38. The fourth-order valence-electron chi connectivity index (χ4n) is 3.28. The van der Waals surface area contributed by atoms with Crippen molar-refractivity contribution in [3.8, 4) is 0 Å². The molecule has 5 heteroatoms. The standard InChI is InChI=1S/C20H31N3O2/c1-3-23(4-2)15-14-21-19(24)17-10-12-18(13-11-17)22-20(25)16-8-6-5-7-9-16/h10-13,16H,3-9,14-15H2,1-2H3,(H,21,24)(H,22,25). The lowest BCUT2D eigenvalue weighted by Crippen LogP contribution is -2.34. The summed E-state index contributed by atoms with van der Waals surface area (Å²) in [4.78, 5) is 26.7. The van der Waals surface area contributed by atoms with Crippen molar-refractivity contribution in [1.29, 1.82) is 0 Å². The van der Waals surface area contributed by atoms with Gasteiger partial charge in [0, 0.05) is 30.3 Å². The Labute approximate surface area is 151 Å². The summed E-state index contributed by atoms with van der Waals surface area (Å²) >= 11 is 0. The molecule has 5 nitrogen and oxygen atoms in total. The van der Waals surface area contributed by atoms with Gasteiger partial charge < -0.3 is 15.5 Å². The molecule has 0 atom stereocenters. The smallest absolute Gasteiger partial charge is 0.251 e. The number of carbonyl (C=O) groups excluding carboxylic acids is 2. The third-order valence-electron chi connectivity index (χ3n) is 5.00. The molecule has 0 saturated heterocycles. The van der Waals surface area contributed by atoms with Gasteiger partial charge in [-0.15, -0.1) is 0 Å². The van der Waals surface area contributed by atoms with E-state index in [0.717, 1.165) is 51.0 Å². The van der Waals surface area contributed by atoms with Crippen LogP contribution in [0.2, 0.25) is 0 Å². The van der Waals surface area contributed by atoms with Gasteiger partial charge in [0.1, 0.15) is 0 Å². The largest absolute Gasteiger partial charge is 0.351 e. The highest BCUT2D eigenvalue weighted by molar-refractivity contribution is 5.96. The molecular formula is C20H31N3O2. The van der Waals surface area contributed by atoms with E-state index in [9.17, 15) is 9.59 Å². The first-order valence-corrected chi connectivity index (χ1v) is 9.55. The van der Waals surface area contributed by atoms with Crippen LogP contribution in [-0.4, -0.2) is 42.9 Å². The third kappa shape index (κ3) is 6.16. The predicted molar refractivity (Wildman–Crippen MR) is 102 cm³/mol. The molecular weight excluding hydrogens is 314 g/mol. The van der Waals surface area contributed by atoms with Gasteiger partial charge in [0.15, 0.2) is 0 Å². The fraction of sp³-hybridized carbons (Fsp3) is 0.600. The number of anilines is 1. The maximum atomic E-state index is 12.3. The summed E-state index contributed by atoms with van der Waals surface area (Å²) in [5, 5.41) is 5.92. The Morgan fingerprint density at radius 2 is 1.68 bits per heavy atom. The minimum atomic E-state index is -0.0719. The molecule has 0 bridgehead atoms. The number of nitrogens with zero attached hydrogens (tertiary/aromatic N) is 1. The van der Waals surface area contributed by atoms with E-state index >= 15 is 0 Å². The SMILES string of the molecule is CCN(CC)CCNC(=O)c1ccc(NC(=O)C2CCCCC2)cc1. The molecule has 1 aromatic carbocycles. The van der Waals surface area contributed by atoms with Crippen molar-refractivity contribution in [3.05, 3.63) is 29.8 Å². The molecule has 25 heavy (non-hydrogen) atoms. The van der Waals surface area contributed by atoms with E-state index in [-0.39, 0.29) is 17.7 Å². The lowest BCUT2D eigenvalue weighted by Gasteiger charge is -2.20. The van der Waals surface area contributed by atoms with Gasteiger partial charge in [-0.25, -0.2) is 0 Å². The van der Waals surface area contributed by atoms with Crippen LogP contribution in [0.3, 0.4) is 0 Å². The first-order valence-electron chi connectivity index (χ1n) is 9.55. The van der Waals surface area contributed by atoms with Crippen molar-refractivity contribution in [2.75, 3.05) is 31.5 Å². The molecule has 0 aliphatic heterocycles. The van der Waals surface area contributed by atoms with Gasteiger partial charge in [0.05, 0.1) is 0 Å². The summed E-state index contributed by atoms with van der Waals surface area (Å²) in [6.07, 6.45) is 5.49. The van der Waals surface area contributed by atoms with Crippen molar-refractivity contribution >= 4 is 17.5 Å². The summed E-state index contributed by atoms with van der Waals surface area (Å²) < 4.78 is 0. The van der Waals surface area contributed by atoms with E-state index in [1.54, 1.807) is 24.3 Å². The maximum Gasteiger partial charge on any atom is 0.251 e. The number of nitrogens with one attached hydrogen (secondary N) is 2. The Kier molecular flexibility index (Phi) is 7.92. The van der Waals surface area contributed by atoms with E-state index in [0.29, 0.717) is 12.1 Å².